The zero-order chi connectivity index (χ0) is 18.6. The van der Waals surface area contributed by atoms with Crippen LogP contribution in [0.1, 0.15) is 24.4 Å². The summed E-state index contributed by atoms with van der Waals surface area (Å²) in [5, 5.41) is 12.1. The van der Waals surface area contributed by atoms with Gasteiger partial charge in [0.05, 0.1) is 11.0 Å². The maximum absolute atomic E-state index is 11.2. The van der Waals surface area contributed by atoms with Crippen LogP contribution in [0.4, 0.5) is 0 Å². The number of fused-ring (bicyclic) bond motifs is 1. The molecule has 1 saturated heterocycles. The number of para-hydroxylation sites is 2. The van der Waals surface area contributed by atoms with Crippen LogP contribution in [0.15, 0.2) is 54.6 Å². The number of carbonyl (C=O) groups is 1. The van der Waals surface area contributed by atoms with Crippen LogP contribution in [-0.2, 0) is 4.79 Å². The first kappa shape index (κ1) is 17.5. The van der Waals surface area contributed by atoms with Gasteiger partial charge in [-0.25, -0.2) is 10.5 Å². The van der Waals surface area contributed by atoms with Gasteiger partial charge in [-0.05, 0) is 49.2 Å². The Morgan fingerprint density at radius 1 is 1.26 bits per heavy atom. The van der Waals surface area contributed by atoms with E-state index in [2.05, 4.69) is 16.0 Å². The first-order chi connectivity index (χ1) is 13.3. The van der Waals surface area contributed by atoms with Crippen molar-refractivity contribution in [3.8, 4) is 11.4 Å². The van der Waals surface area contributed by atoms with Gasteiger partial charge in [-0.3, -0.25) is 10.0 Å². The molecule has 1 amide bonds. The molecule has 0 aliphatic carbocycles. The molecule has 1 aromatic heterocycles. The third-order valence-corrected chi connectivity index (χ3v) is 4.91. The second-order valence-electron chi connectivity index (χ2n) is 6.73. The molecule has 1 aliphatic heterocycles. The molecule has 6 nitrogen and oxygen atoms in total. The Labute approximate surface area is 157 Å². The molecule has 3 N–H and O–H groups in total. The van der Waals surface area contributed by atoms with E-state index in [1.807, 2.05) is 42.5 Å². The number of carbonyl (C=O) groups excluding carboxylic acids is 1. The summed E-state index contributed by atoms with van der Waals surface area (Å²) in [4.78, 5) is 16.1. The van der Waals surface area contributed by atoms with Crippen LogP contribution in [0, 0.1) is 0 Å². The van der Waals surface area contributed by atoms with Crippen molar-refractivity contribution in [2.24, 2.45) is 0 Å². The fraction of sp³-hybridized carbons (Fsp3) is 0.238. The molecule has 0 spiro atoms. The Kier molecular flexibility index (Phi) is 5.00. The average molecular weight is 362 g/mol. The monoisotopic (exact) mass is 362 g/mol. The van der Waals surface area contributed by atoms with Crippen molar-refractivity contribution in [2.45, 2.75) is 18.9 Å². The van der Waals surface area contributed by atoms with Gasteiger partial charge >= 0.3 is 0 Å². The lowest BCUT2D eigenvalue weighted by molar-refractivity contribution is -0.124. The summed E-state index contributed by atoms with van der Waals surface area (Å²) in [6.45, 7) is 2.00. The van der Waals surface area contributed by atoms with Crippen LogP contribution in [0.5, 0.6) is 0 Å². The zero-order valence-corrected chi connectivity index (χ0v) is 14.9. The van der Waals surface area contributed by atoms with Crippen LogP contribution < -0.4 is 10.8 Å². The SMILES string of the molecule is O=C(C=Cc1cccc(-c2nc3ccccc3n2C2CCCNC2)c1)NO. The van der Waals surface area contributed by atoms with Gasteiger partial charge in [0, 0.05) is 24.2 Å². The van der Waals surface area contributed by atoms with E-state index in [0.717, 1.165) is 53.9 Å². The molecular weight excluding hydrogens is 340 g/mol. The van der Waals surface area contributed by atoms with Crippen LogP contribution >= 0.6 is 0 Å². The maximum Gasteiger partial charge on any atom is 0.267 e. The van der Waals surface area contributed by atoms with Crippen molar-refractivity contribution in [2.75, 3.05) is 13.1 Å². The number of imidazole rings is 1. The summed E-state index contributed by atoms with van der Waals surface area (Å²) in [6.07, 6.45) is 5.24. The van der Waals surface area contributed by atoms with Crippen molar-refractivity contribution in [1.29, 1.82) is 0 Å². The predicted molar refractivity (Wildman–Crippen MR) is 105 cm³/mol. The molecule has 1 fully saturated rings. The standard InChI is InChI=1S/C21H22N4O2/c26-20(24-27)11-10-15-5-3-6-16(13-15)21-23-18-8-1-2-9-19(18)25(21)17-7-4-12-22-14-17/h1-3,5-6,8-11,13,17,22,27H,4,7,12,14H2,(H,24,26). The fourth-order valence-corrected chi connectivity index (χ4v) is 3.66. The van der Waals surface area contributed by atoms with Gasteiger partial charge in [0.2, 0.25) is 0 Å². The van der Waals surface area contributed by atoms with Crippen molar-refractivity contribution >= 4 is 23.0 Å². The van der Waals surface area contributed by atoms with Crippen molar-refractivity contribution in [3.05, 3.63) is 60.2 Å². The summed E-state index contributed by atoms with van der Waals surface area (Å²) in [5.74, 6) is 0.382. The van der Waals surface area contributed by atoms with Gasteiger partial charge < -0.3 is 9.88 Å². The topological polar surface area (TPSA) is 79.2 Å². The normalized spacial score (nSPS) is 17.4. The third-order valence-electron chi connectivity index (χ3n) is 4.91. The molecule has 27 heavy (non-hydrogen) atoms. The minimum Gasteiger partial charge on any atom is -0.320 e. The highest BCUT2D eigenvalue weighted by Gasteiger charge is 2.21. The summed E-state index contributed by atoms with van der Waals surface area (Å²) >= 11 is 0. The molecule has 3 aromatic rings. The van der Waals surface area contributed by atoms with E-state index in [4.69, 9.17) is 10.2 Å². The van der Waals surface area contributed by atoms with Gasteiger partial charge in [-0.2, -0.15) is 0 Å². The smallest absolute Gasteiger partial charge is 0.267 e. The number of nitrogens with zero attached hydrogens (tertiary/aromatic N) is 2. The Morgan fingerprint density at radius 2 is 2.15 bits per heavy atom. The minimum atomic E-state index is -0.555. The first-order valence-electron chi connectivity index (χ1n) is 9.16. The van der Waals surface area contributed by atoms with Crippen molar-refractivity contribution in [3.63, 3.8) is 0 Å². The van der Waals surface area contributed by atoms with E-state index in [1.54, 1.807) is 11.6 Å². The molecule has 1 aliphatic rings. The van der Waals surface area contributed by atoms with Gasteiger partial charge in [0.1, 0.15) is 5.82 Å². The number of hydroxylamine groups is 1. The van der Waals surface area contributed by atoms with Crippen LogP contribution in [0.25, 0.3) is 28.5 Å². The number of hydrogen-bond acceptors (Lipinski definition) is 4. The van der Waals surface area contributed by atoms with Gasteiger partial charge in [0.15, 0.2) is 0 Å². The first-order valence-corrected chi connectivity index (χ1v) is 9.16. The highest BCUT2D eigenvalue weighted by atomic mass is 16.5. The van der Waals surface area contributed by atoms with E-state index in [0.29, 0.717) is 6.04 Å². The van der Waals surface area contributed by atoms with Crippen molar-refractivity contribution in [1.82, 2.24) is 20.3 Å². The molecule has 1 unspecified atom stereocenters. The Balaban J connectivity index is 1.79. The molecule has 2 aromatic carbocycles. The van der Waals surface area contributed by atoms with E-state index in [-0.39, 0.29) is 0 Å². The summed E-state index contributed by atoms with van der Waals surface area (Å²) < 4.78 is 2.34. The largest absolute Gasteiger partial charge is 0.320 e. The van der Waals surface area contributed by atoms with E-state index >= 15 is 0 Å². The van der Waals surface area contributed by atoms with Crippen LogP contribution in [-0.4, -0.2) is 33.8 Å². The summed E-state index contributed by atoms with van der Waals surface area (Å²) in [5.41, 5.74) is 5.60. The second kappa shape index (κ2) is 7.73. The number of nitrogens with one attached hydrogen (secondary N) is 2. The lowest BCUT2D eigenvalue weighted by Gasteiger charge is -2.26. The van der Waals surface area contributed by atoms with Gasteiger partial charge in [-0.15, -0.1) is 0 Å². The summed E-state index contributed by atoms with van der Waals surface area (Å²) in [6, 6.07) is 16.5. The number of benzene rings is 2. The third kappa shape index (κ3) is 3.63. The Hall–Kier alpha value is -2.96. The van der Waals surface area contributed by atoms with E-state index in [1.165, 1.54) is 6.08 Å². The average Bonchev–Trinajstić information content (AvgIpc) is 3.12. The molecule has 138 valence electrons. The fourth-order valence-electron chi connectivity index (χ4n) is 3.66. The number of hydrogen-bond donors (Lipinski definition) is 3. The van der Waals surface area contributed by atoms with Crippen LogP contribution in [0.3, 0.4) is 0 Å². The Bertz CT molecular complexity index is 987. The van der Waals surface area contributed by atoms with Crippen molar-refractivity contribution < 1.29 is 10.0 Å². The lowest BCUT2D eigenvalue weighted by Crippen LogP contribution is -2.31. The molecular formula is C21H22N4O2. The number of aromatic nitrogens is 2. The quantitative estimate of drug-likeness (QED) is 0.378. The number of rotatable bonds is 4. The highest BCUT2D eigenvalue weighted by Crippen LogP contribution is 2.31. The highest BCUT2D eigenvalue weighted by molar-refractivity contribution is 5.91. The minimum absolute atomic E-state index is 0.362. The summed E-state index contributed by atoms with van der Waals surface area (Å²) in [7, 11) is 0. The predicted octanol–water partition coefficient (Wildman–Crippen LogP) is 3.15. The molecule has 0 radical (unpaired) electrons. The van der Waals surface area contributed by atoms with Gasteiger partial charge in [-0.1, -0.05) is 30.3 Å². The second-order valence-corrected chi connectivity index (χ2v) is 6.73. The molecule has 0 bridgehead atoms. The number of amides is 1. The van der Waals surface area contributed by atoms with E-state index < -0.39 is 5.91 Å². The molecule has 1 atom stereocenters. The maximum atomic E-state index is 11.2. The van der Waals surface area contributed by atoms with E-state index in [9.17, 15) is 4.79 Å². The Morgan fingerprint density at radius 3 is 2.96 bits per heavy atom. The molecule has 0 saturated carbocycles. The number of piperidine rings is 1. The molecule has 4 rings (SSSR count). The van der Waals surface area contributed by atoms with Gasteiger partial charge in [0.25, 0.3) is 5.91 Å². The molecule has 6 heteroatoms. The zero-order valence-electron chi connectivity index (χ0n) is 14.9. The lowest BCUT2D eigenvalue weighted by atomic mass is 10.1. The molecule has 2 heterocycles. The van der Waals surface area contributed by atoms with Crippen LogP contribution in [0.2, 0.25) is 0 Å².